The second kappa shape index (κ2) is 5.42. The van der Waals surface area contributed by atoms with E-state index in [1.807, 2.05) is 13.8 Å². The van der Waals surface area contributed by atoms with E-state index in [4.69, 9.17) is 28.4 Å². The molecule has 0 aromatic carbocycles. The number of rotatable bonds is 3. The van der Waals surface area contributed by atoms with Gasteiger partial charge in [0.1, 0.15) is 12.2 Å². The van der Waals surface area contributed by atoms with Crippen LogP contribution in [0, 0.1) is 0 Å². The van der Waals surface area contributed by atoms with Crippen LogP contribution >= 0.6 is 0 Å². The molecular formula is C15H24O7. The van der Waals surface area contributed by atoms with E-state index in [0.717, 1.165) is 0 Å². The highest BCUT2D eigenvalue weighted by molar-refractivity contribution is 5.69. The van der Waals surface area contributed by atoms with Crippen LogP contribution in [0.25, 0.3) is 0 Å². The first-order chi connectivity index (χ1) is 10.2. The summed E-state index contributed by atoms with van der Waals surface area (Å²) in [5.41, 5.74) is 0. The monoisotopic (exact) mass is 316 g/mol. The molecule has 3 heterocycles. The molecule has 3 rings (SSSR count). The van der Waals surface area contributed by atoms with Crippen LogP contribution in [-0.2, 0) is 33.2 Å². The minimum atomic E-state index is -0.760. The van der Waals surface area contributed by atoms with Gasteiger partial charge in [-0.25, -0.2) is 0 Å². The van der Waals surface area contributed by atoms with Crippen LogP contribution in [-0.4, -0.2) is 54.9 Å². The van der Waals surface area contributed by atoms with E-state index in [1.54, 1.807) is 20.8 Å². The highest BCUT2D eigenvalue weighted by Crippen LogP contribution is 2.41. The van der Waals surface area contributed by atoms with E-state index in [2.05, 4.69) is 0 Å². The second-order valence-corrected chi connectivity index (χ2v) is 6.74. The summed E-state index contributed by atoms with van der Waals surface area (Å²) in [5.74, 6) is -1.74. The number of carbonyl (C=O) groups excluding carboxylic acids is 1. The predicted octanol–water partition coefficient (Wildman–Crippen LogP) is 1.34. The van der Waals surface area contributed by atoms with Crippen LogP contribution in [0.4, 0.5) is 0 Å². The van der Waals surface area contributed by atoms with Crippen LogP contribution in [0.15, 0.2) is 0 Å². The van der Waals surface area contributed by atoms with Crippen molar-refractivity contribution in [3.8, 4) is 0 Å². The fourth-order valence-electron chi connectivity index (χ4n) is 3.05. The Hall–Kier alpha value is -0.730. The number of esters is 1. The molecule has 3 fully saturated rings. The summed E-state index contributed by atoms with van der Waals surface area (Å²) < 4.78 is 34.5. The highest BCUT2D eigenvalue weighted by Gasteiger charge is 2.59. The summed E-state index contributed by atoms with van der Waals surface area (Å²) in [6, 6.07) is 0. The zero-order valence-corrected chi connectivity index (χ0v) is 13.7. The molecular weight excluding hydrogens is 292 g/mol. The van der Waals surface area contributed by atoms with Gasteiger partial charge >= 0.3 is 5.97 Å². The van der Waals surface area contributed by atoms with Gasteiger partial charge in [0.2, 0.25) is 0 Å². The normalized spacial score (nSPS) is 42.3. The molecule has 0 N–H and O–H groups in total. The van der Waals surface area contributed by atoms with Crippen molar-refractivity contribution in [3.05, 3.63) is 0 Å². The standard InChI is InChI=1S/C15H24O7/c1-6-9(16)18-11-10(8-7-17-14(2,3)20-8)19-13-12(11)21-15(4,5)22-13/h8,10-13H,6-7H2,1-5H3/t8?,10-,11+,12-,13-/m1/s1. The zero-order chi connectivity index (χ0) is 16.1. The molecule has 3 aliphatic rings. The van der Waals surface area contributed by atoms with Gasteiger partial charge in [-0.05, 0) is 27.7 Å². The summed E-state index contributed by atoms with van der Waals surface area (Å²) in [6.07, 6.45) is -2.10. The molecule has 0 aromatic rings. The van der Waals surface area contributed by atoms with Crippen molar-refractivity contribution in [1.29, 1.82) is 0 Å². The molecule has 0 saturated carbocycles. The summed E-state index contributed by atoms with van der Waals surface area (Å²) in [4.78, 5) is 11.8. The SMILES string of the molecule is CCC(=O)O[C@@H]1[C@H]2OC(C)(C)O[C@H]2O[C@@H]1C1COC(C)(C)O1. The maximum absolute atomic E-state index is 11.8. The first kappa shape index (κ1) is 16.1. The lowest BCUT2D eigenvalue weighted by Crippen LogP contribution is -2.45. The number of fused-ring (bicyclic) bond motifs is 1. The molecule has 3 aliphatic heterocycles. The Balaban J connectivity index is 1.76. The Kier molecular flexibility index (Phi) is 3.98. The van der Waals surface area contributed by atoms with E-state index in [0.29, 0.717) is 13.0 Å². The number of ether oxygens (including phenoxy) is 6. The van der Waals surface area contributed by atoms with Gasteiger partial charge in [0.25, 0.3) is 0 Å². The third-order valence-corrected chi connectivity index (χ3v) is 3.98. The Labute approximate surface area is 130 Å². The van der Waals surface area contributed by atoms with Crippen LogP contribution in [0.2, 0.25) is 0 Å². The van der Waals surface area contributed by atoms with E-state index in [9.17, 15) is 4.79 Å². The maximum Gasteiger partial charge on any atom is 0.305 e. The number of hydrogen-bond acceptors (Lipinski definition) is 7. The molecule has 3 saturated heterocycles. The van der Waals surface area contributed by atoms with Crippen molar-refractivity contribution in [3.63, 3.8) is 0 Å². The van der Waals surface area contributed by atoms with E-state index in [1.165, 1.54) is 0 Å². The lowest BCUT2D eigenvalue weighted by atomic mass is 10.1. The van der Waals surface area contributed by atoms with Gasteiger partial charge in [-0.15, -0.1) is 0 Å². The summed E-state index contributed by atoms with van der Waals surface area (Å²) in [6.45, 7) is 9.42. The Morgan fingerprint density at radius 1 is 1.09 bits per heavy atom. The van der Waals surface area contributed by atoms with Gasteiger partial charge in [0.05, 0.1) is 6.61 Å². The maximum atomic E-state index is 11.8. The lowest BCUT2D eigenvalue weighted by Gasteiger charge is -2.28. The molecule has 7 heteroatoms. The van der Waals surface area contributed by atoms with Crippen molar-refractivity contribution in [1.82, 2.24) is 0 Å². The van der Waals surface area contributed by atoms with Crippen molar-refractivity contribution >= 4 is 5.97 Å². The van der Waals surface area contributed by atoms with Crippen molar-refractivity contribution in [2.45, 2.75) is 83.3 Å². The molecule has 0 aliphatic carbocycles. The van der Waals surface area contributed by atoms with E-state index >= 15 is 0 Å². The van der Waals surface area contributed by atoms with Gasteiger partial charge in [0.15, 0.2) is 30.1 Å². The molecule has 0 amide bonds. The Bertz CT molecular complexity index is 447. The molecule has 0 spiro atoms. The topological polar surface area (TPSA) is 72.5 Å². The highest BCUT2D eigenvalue weighted by atomic mass is 16.8. The summed E-state index contributed by atoms with van der Waals surface area (Å²) in [7, 11) is 0. The van der Waals surface area contributed by atoms with Crippen molar-refractivity contribution < 1.29 is 33.2 Å². The number of carbonyl (C=O) groups is 1. The molecule has 0 aromatic heterocycles. The molecule has 22 heavy (non-hydrogen) atoms. The number of hydrogen-bond donors (Lipinski definition) is 0. The van der Waals surface area contributed by atoms with Gasteiger partial charge < -0.3 is 28.4 Å². The van der Waals surface area contributed by atoms with Crippen molar-refractivity contribution in [2.24, 2.45) is 0 Å². The largest absolute Gasteiger partial charge is 0.456 e. The van der Waals surface area contributed by atoms with Gasteiger partial charge in [0, 0.05) is 6.42 Å². The molecule has 1 unspecified atom stereocenters. The summed E-state index contributed by atoms with van der Waals surface area (Å²) in [5, 5.41) is 0. The molecule has 0 bridgehead atoms. The van der Waals surface area contributed by atoms with Crippen LogP contribution in [0.5, 0.6) is 0 Å². The van der Waals surface area contributed by atoms with Crippen LogP contribution < -0.4 is 0 Å². The van der Waals surface area contributed by atoms with E-state index < -0.39 is 36.2 Å². The molecule has 7 nitrogen and oxygen atoms in total. The van der Waals surface area contributed by atoms with Crippen LogP contribution in [0.3, 0.4) is 0 Å². The average molecular weight is 316 g/mol. The minimum absolute atomic E-state index is 0.290. The first-order valence-corrected chi connectivity index (χ1v) is 7.73. The molecule has 126 valence electrons. The smallest absolute Gasteiger partial charge is 0.305 e. The lowest BCUT2D eigenvalue weighted by molar-refractivity contribution is -0.235. The summed E-state index contributed by atoms with van der Waals surface area (Å²) >= 11 is 0. The quantitative estimate of drug-likeness (QED) is 0.727. The third-order valence-electron chi connectivity index (χ3n) is 3.98. The van der Waals surface area contributed by atoms with Crippen molar-refractivity contribution in [2.75, 3.05) is 6.61 Å². The van der Waals surface area contributed by atoms with Gasteiger partial charge in [-0.3, -0.25) is 4.79 Å². The second-order valence-electron chi connectivity index (χ2n) is 6.74. The Morgan fingerprint density at radius 3 is 2.41 bits per heavy atom. The fourth-order valence-corrected chi connectivity index (χ4v) is 3.05. The minimum Gasteiger partial charge on any atom is -0.456 e. The Morgan fingerprint density at radius 2 is 1.82 bits per heavy atom. The predicted molar refractivity (Wildman–Crippen MR) is 73.8 cm³/mol. The third kappa shape index (κ3) is 3.00. The molecule has 5 atom stereocenters. The van der Waals surface area contributed by atoms with E-state index in [-0.39, 0.29) is 12.1 Å². The van der Waals surface area contributed by atoms with Gasteiger partial charge in [-0.1, -0.05) is 6.92 Å². The molecule has 0 radical (unpaired) electrons. The average Bonchev–Trinajstić information content (AvgIpc) is 3.01. The van der Waals surface area contributed by atoms with Crippen LogP contribution in [0.1, 0.15) is 41.0 Å². The fraction of sp³-hybridized carbons (Fsp3) is 0.933. The zero-order valence-electron chi connectivity index (χ0n) is 13.7. The van der Waals surface area contributed by atoms with Gasteiger partial charge in [-0.2, -0.15) is 0 Å². The first-order valence-electron chi connectivity index (χ1n) is 7.73.